The maximum atomic E-state index is 12.8. The zero-order valence-electron chi connectivity index (χ0n) is 10.2. The molecule has 0 spiro atoms. The summed E-state index contributed by atoms with van der Waals surface area (Å²) in [5.74, 6) is -1.79. The van der Waals surface area contributed by atoms with Crippen molar-refractivity contribution in [1.29, 1.82) is 0 Å². The van der Waals surface area contributed by atoms with Crippen molar-refractivity contribution in [3.05, 3.63) is 51.3 Å². The van der Waals surface area contributed by atoms with E-state index in [-0.39, 0.29) is 6.54 Å². The Bertz CT molecular complexity index is 698. The highest BCUT2D eigenvalue weighted by Crippen LogP contribution is 2.35. The van der Waals surface area contributed by atoms with E-state index in [0.717, 1.165) is 4.68 Å². The van der Waals surface area contributed by atoms with Crippen LogP contribution in [-0.2, 0) is 12.7 Å². The molecule has 0 aliphatic heterocycles. The van der Waals surface area contributed by atoms with Crippen LogP contribution in [0, 0.1) is 0 Å². The molecule has 9 heteroatoms. The smallest absolute Gasteiger partial charge is 0.436 e. The fraction of sp³-hybridized carbons (Fsp3) is 0.167. The molecule has 0 saturated carbocycles. The van der Waals surface area contributed by atoms with Crippen molar-refractivity contribution in [3.63, 3.8) is 0 Å². The topological polar surface area (TPSA) is 55.1 Å². The fourth-order valence-electron chi connectivity index (χ4n) is 1.72. The van der Waals surface area contributed by atoms with Gasteiger partial charge < -0.3 is 5.11 Å². The predicted octanol–water partition coefficient (Wildman–Crippen LogP) is 3.96. The van der Waals surface area contributed by atoms with Crippen molar-refractivity contribution in [2.24, 2.45) is 0 Å². The SMILES string of the molecule is O=C(O)c1c(C(F)(F)F)nn(Cc2ccccc2Cl)c1Cl. The number of hydrogen-bond donors (Lipinski definition) is 1. The number of halogens is 5. The molecule has 0 bridgehead atoms. The fourth-order valence-corrected chi connectivity index (χ4v) is 2.19. The highest BCUT2D eigenvalue weighted by atomic mass is 35.5. The number of alkyl halides is 3. The van der Waals surface area contributed by atoms with Crippen molar-refractivity contribution in [2.75, 3.05) is 0 Å². The number of hydrogen-bond acceptors (Lipinski definition) is 2. The summed E-state index contributed by atoms with van der Waals surface area (Å²) in [6.07, 6.45) is -4.91. The third kappa shape index (κ3) is 3.14. The van der Waals surface area contributed by atoms with Gasteiger partial charge in [-0.2, -0.15) is 18.3 Å². The summed E-state index contributed by atoms with van der Waals surface area (Å²) in [6.45, 7) is -0.172. The van der Waals surface area contributed by atoms with Crippen LogP contribution in [0.2, 0.25) is 10.2 Å². The zero-order chi connectivity index (χ0) is 15.8. The molecule has 1 aromatic carbocycles. The average molecular weight is 339 g/mol. The zero-order valence-corrected chi connectivity index (χ0v) is 11.7. The molecule has 0 aliphatic carbocycles. The highest BCUT2D eigenvalue weighted by molar-refractivity contribution is 6.33. The quantitative estimate of drug-likeness (QED) is 0.921. The molecule has 112 valence electrons. The molecule has 0 radical (unpaired) electrons. The summed E-state index contributed by atoms with van der Waals surface area (Å²) < 4.78 is 39.1. The van der Waals surface area contributed by atoms with E-state index in [1.807, 2.05) is 0 Å². The second kappa shape index (κ2) is 5.57. The minimum absolute atomic E-state index is 0.172. The van der Waals surface area contributed by atoms with E-state index in [9.17, 15) is 18.0 Å². The number of aromatic nitrogens is 2. The van der Waals surface area contributed by atoms with Gasteiger partial charge in [-0.15, -0.1) is 0 Å². The third-order valence-corrected chi connectivity index (χ3v) is 3.40. The Morgan fingerprint density at radius 2 is 1.90 bits per heavy atom. The number of aromatic carboxylic acids is 1. The molecule has 1 aromatic heterocycles. The van der Waals surface area contributed by atoms with Crippen molar-refractivity contribution in [2.45, 2.75) is 12.7 Å². The molecular weight excluding hydrogens is 332 g/mol. The largest absolute Gasteiger partial charge is 0.478 e. The number of carbonyl (C=O) groups is 1. The summed E-state index contributed by atoms with van der Waals surface area (Å²) >= 11 is 11.6. The molecule has 0 amide bonds. The Kier molecular flexibility index (Phi) is 4.15. The Labute approximate surface area is 126 Å². The molecule has 1 heterocycles. The van der Waals surface area contributed by atoms with E-state index < -0.39 is 28.6 Å². The van der Waals surface area contributed by atoms with Crippen LogP contribution >= 0.6 is 23.2 Å². The first-order valence-electron chi connectivity index (χ1n) is 5.52. The average Bonchev–Trinajstić information content (AvgIpc) is 2.70. The molecule has 0 saturated heterocycles. The summed E-state index contributed by atoms with van der Waals surface area (Å²) in [4.78, 5) is 11.0. The first-order chi connectivity index (χ1) is 9.71. The molecule has 21 heavy (non-hydrogen) atoms. The van der Waals surface area contributed by atoms with Gasteiger partial charge in [-0.3, -0.25) is 0 Å². The van der Waals surface area contributed by atoms with Crippen molar-refractivity contribution >= 4 is 29.2 Å². The molecule has 4 nitrogen and oxygen atoms in total. The van der Waals surface area contributed by atoms with Crippen LogP contribution in [0.25, 0.3) is 0 Å². The van der Waals surface area contributed by atoms with Crippen molar-refractivity contribution in [1.82, 2.24) is 9.78 Å². The lowest BCUT2D eigenvalue weighted by atomic mass is 10.2. The summed E-state index contributed by atoms with van der Waals surface area (Å²) in [7, 11) is 0. The molecule has 2 aromatic rings. The van der Waals surface area contributed by atoms with Gasteiger partial charge in [0, 0.05) is 5.02 Å². The summed E-state index contributed by atoms with van der Waals surface area (Å²) in [5.41, 5.74) is -2.14. The minimum Gasteiger partial charge on any atom is -0.478 e. The van der Waals surface area contributed by atoms with Gasteiger partial charge in [0.2, 0.25) is 0 Å². The summed E-state index contributed by atoms with van der Waals surface area (Å²) in [5, 5.41) is 11.9. The molecule has 0 aliphatic rings. The van der Waals surface area contributed by atoms with Gasteiger partial charge in [-0.05, 0) is 11.6 Å². The van der Waals surface area contributed by atoms with Crippen molar-refractivity contribution in [3.8, 4) is 0 Å². The van der Waals surface area contributed by atoms with E-state index in [0.29, 0.717) is 10.6 Å². The number of nitrogens with zero attached hydrogens (tertiary/aromatic N) is 2. The van der Waals surface area contributed by atoms with Gasteiger partial charge in [0.25, 0.3) is 0 Å². The normalized spacial score (nSPS) is 11.7. The van der Waals surface area contributed by atoms with E-state index in [1.165, 1.54) is 0 Å². The number of carboxylic acids is 1. The van der Waals surface area contributed by atoms with Gasteiger partial charge in [-0.25, -0.2) is 9.48 Å². The Morgan fingerprint density at radius 1 is 1.29 bits per heavy atom. The van der Waals surface area contributed by atoms with Gasteiger partial charge >= 0.3 is 12.1 Å². The van der Waals surface area contributed by atoms with Crippen LogP contribution in [0.5, 0.6) is 0 Å². The van der Waals surface area contributed by atoms with Crippen LogP contribution in [0.1, 0.15) is 21.6 Å². The van der Waals surface area contributed by atoms with E-state index >= 15 is 0 Å². The van der Waals surface area contributed by atoms with Crippen LogP contribution < -0.4 is 0 Å². The van der Waals surface area contributed by atoms with Crippen molar-refractivity contribution < 1.29 is 23.1 Å². The molecule has 0 unspecified atom stereocenters. The maximum absolute atomic E-state index is 12.8. The second-order valence-corrected chi connectivity index (χ2v) is 4.83. The van der Waals surface area contributed by atoms with Gasteiger partial charge in [0.1, 0.15) is 10.7 Å². The maximum Gasteiger partial charge on any atom is 0.436 e. The minimum atomic E-state index is -4.91. The van der Waals surface area contributed by atoms with Crippen LogP contribution in [-0.4, -0.2) is 20.9 Å². The predicted molar refractivity (Wildman–Crippen MR) is 69.8 cm³/mol. The Balaban J connectivity index is 2.51. The lowest BCUT2D eigenvalue weighted by Gasteiger charge is -2.05. The molecule has 0 fully saturated rings. The van der Waals surface area contributed by atoms with E-state index in [1.54, 1.807) is 24.3 Å². The molecule has 0 atom stereocenters. The van der Waals surface area contributed by atoms with Gasteiger partial charge in [-0.1, -0.05) is 41.4 Å². The van der Waals surface area contributed by atoms with E-state index in [4.69, 9.17) is 28.3 Å². The van der Waals surface area contributed by atoms with Crippen LogP contribution in [0.15, 0.2) is 24.3 Å². The van der Waals surface area contributed by atoms with Gasteiger partial charge in [0.05, 0.1) is 6.54 Å². The lowest BCUT2D eigenvalue weighted by Crippen LogP contribution is -2.12. The van der Waals surface area contributed by atoms with Crippen LogP contribution in [0.4, 0.5) is 13.2 Å². The number of rotatable bonds is 3. The highest BCUT2D eigenvalue weighted by Gasteiger charge is 2.41. The summed E-state index contributed by atoms with van der Waals surface area (Å²) in [6, 6.07) is 6.42. The third-order valence-electron chi connectivity index (χ3n) is 2.65. The first-order valence-corrected chi connectivity index (χ1v) is 6.27. The Morgan fingerprint density at radius 3 is 2.38 bits per heavy atom. The molecular formula is C12H7Cl2F3N2O2. The number of benzene rings is 1. The molecule has 2 rings (SSSR count). The molecule has 1 N–H and O–H groups in total. The van der Waals surface area contributed by atoms with E-state index in [2.05, 4.69) is 5.10 Å². The number of carboxylic acid groups (broad SMARTS) is 1. The second-order valence-electron chi connectivity index (χ2n) is 4.07. The van der Waals surface area contributed by atoms with Crippen LogP contribution in [0.3, 0.4) is 0 Å². The lowest BCUT2D eigenvalue weighted by molar-refractivity contribution is -0.142. The standard InChI is InChI=1S/C12H7Cl2F3N2O2/c13-7-4-2-1-3-6(7)5-19-10(14)8(11(20)21)9(18-19)12(15,16)17/h1-4H,5H2,(H,20,21). The van der Waals surface area contributed by atoms with Gasteiger partial charge in [0.15, 0.2) is 5.69 Å². The Hall–Kier alpha value is -1.73. The first kappa shape index (κ1) is 15.7. The monoisotopic (exact) mass is 338 g/mol.